The number of rotatable bonds is 3. The molecule has 6 heteroatoms. The van der Waals surface area contributed by atoms with Crippen LogP contribution in [0.1, 0.15) is 24.2 Å². The maximum absolute atomic E-state index is 11.4. The summed E-state index contributed by atoms with van der Waals surface area (Å²) in [6, 6.07) is 10.2. The van der Waals surface area contributed by atoms with E-state index in [-0.39, 0.29) is 11.7 Å². The monoisotopic (exact) mass is 327 g/mol. The smallest absolute Gasteiger partial charge is 0.407 e. The van der Waals surface area contributed by atoms with Crippen LogP contribution in [0.5, 0.6) is 0 Å². The molecule has 4 rings (SSSR count). The summed E-state index contributed by atoms with van der Waals surface area (Å²) < 4.78 is 11.0. The van der Waals surface area contributed by atoms with Crippen molar-refractivity contribution in [2.24, 2.45) is 0 Å². The molecule has 0 bridgehead atoms. The third-order valence-corrected chi connectivity index (χ3v) is 4.77. The van der Waals surface area contributed by atoms with E-state index in [1.165, 1.54) is 5.56 Å². The van der Waals surface area contributed by atoms with Crippen molar-refractivity contribution in [1.29, 1.82) is 0 Å². The van der Waals surface area contributed by atoms with Gasteiger partial charge >= 0.3 is 6.09 Å². The minimum absolute atomic E-state index is 0.307. The van der Waals surface area contributed by atoms with E-state index in [1.54, 1.807) is 0 Å². The van der Waals surface area contributed by atoms with Crippen LogP contribution < -0.4 is 5.32 Å². The summed E-state index contributed by atoms with van der Waals surface area (Å²) in [6.45, 7) is 5.03. The number of carbonyl (C=O) groups excluding carboxylic acids is 1. The molecule has 0 aliphatic carbocycles. The molecule has 1 N–H and O–H groups in total. The first kappa shape index (κ1) is 15.2. The zero-order valence-corrected chi connectivity index (χ0v) is 13.7. The minimum Gasteiger partial charge on any atom is -0.440 e. The van der Waals surface area contributed by atoms with Crippen LogP contribution in [0.15, 0.2) is 34.9 Å². The number of likely N-dealkylation sites (tertiary alicyclic amines) is 1. The highest BCUT2D eigenvalue weighted by Crippen LogP contribution is 2.29. The number of aromatic nitrogens is 1. The Morgan fingerprint density at radius 1 is 1.33 bits per heavy atom. The van der Waals surface area contributed by atoms with Gasteiger partial charge in [-0.1, -0.05) is 35.0 Å². The summed E-state index contributed by atoms with van der Waals surface area (Å²) in [5.74, 6) is 0.833. The van der Waals surface area contributed by atoms with Gasteiger partial charge in [-0.25, -0.2) is 4.79 Å². The summed E-state index contributed by atoms with van der Waals surface area (Å²) in [6.07, 6.45) is 1.61. The number of hydrogen-bond acceptors (Lipinski definition) is 5. The Kier molecular flexibility index (Phi) is 3.76. The highest BCUT2D eigenvalue weighted by Gasteiger charge is 2.43. The molecular formula is C18H21N3O3. The molecule has 1 aromatic heterocycles. The summed E-state index contributed by atoms with van der Waals surface area (Å²) >= 11 is 0. The summed E-state index contributed by atoms with van der Waals surface area (Å²) in [4.78, 5) is 13.7. The standard InChI is InChI=1S/C18H21N3O3/c1-13-3-5-14(6-4-13)16-9-15(24-20-16)10-21-8-2-7-18(12-21)11-19-17(22)23-18/h3-6,9H,2,7-8,10-12H2,1H3,(H,19,22)/t18-/m0/s1. The van der Waals surface area contributed by atoms with Gasteiger partial charge in [0.15, 0.2) is 5.76 Å². The fraction of sp³-hybridized carbons (Fsp3) is 0.444. The topological polar surface area (TPSA) is 67.6 Å². The number of ether oxygens (including phenoxy) is 1. The van der Waals surface area contributed by atoms with Crippen molar-refractivity contribution in [3.63, 3.8) is 0 Å². The van der Waals surface area contributed by atoms with E-state index < -0.39 is 0 Å². The van der Waals surface area contributed by atoms with E-state index in [1.807, 2.05) is 6.07 Å². The number of carbonyl (C=O) groups is 1. The van der Waals surface area contributed by atoms with Crippen molar-refractivity contribution in [1.82, 2.24) is 15.4 Å². The zero-order valence-electron chi connectivity index (χ0n) is 13.7. The number of aryl methyl sites for hydroxylation is 1. The third kappa shape index (κ3) is 3.01. The quantitative estimate of drug-likeness (QED) is 0.939. The van der Waals surface area contributed by atoms with Crippen LogP contribution >= 0.6 is 0 Å². The molecule has 2 saturated heterocycles. The first-order chi connectivity index (χ1) is 11.6. The van der Waals surface area contributed by atoms with Crippen LogP contribution in [0, 0.1) is 6.92 Å². The van der Waals surface area contributed by atoms with Crippen molar-refractivity contribution in [3.05, 3.63) is 41.7 Å². The second-order valence-corrected chi connectivity index (χ2v) is 6.78. The van der Waals surface area contributed by atoms with E-state index in [9.17, 15) is 4.79 Å². The highest BCUT2D eigenvalue weighted by atomic mass is 16.6. The van der Waals surface area contributed by atoms with Crippen LogP contribution in [-0.2, 0) is 11.3 Å². The Hall–Kier alpha value is -2.34. The van der Waals surface area contributed by atoms with E-state index in [0.717, 1.165) is 42.9 Å². The van der Waals surface area contributed by atoms with Gasteiger partial charge in [0.05, 0.1) is 13.1 Å². The molecule has 1 atom stereocenters. The molecule has 2 aliphatic heterocycles. The lowest BCUT2D eigenvalue weighted by Crippen LogP contribution is -2.50. The van der Waals surface area contributed by atoms with Gasteiger partial charge in [0, 0.05) is 18.2 Å². The van der Waals surface area contributed by atoms with Crippen LogP contribution in [-0.4, -0.2) is 41.4 Å². The second kappa shape index (κ2) is 5.94. The van der Waals surface area contributed by atoms with Crippen LogP contribution in [0.2, 0.25) is 0 Å². The Morgan fingerprint density at radius 2 is 2.17 bits per heavy atom. The molecule has 3 heterocycles. The van der Waals surface area contributed by atoms with Crippen molar-refractivity contribution in [2.45, 2.75) is 31.9 Å². The Bertz CT molecular complexity index is 740. The lowest BCUT2D eigenvalue weighted by Gasteiger charge is -2.37. The van der Waals surface area contributed by atoms with Gasteiger partial charge in [-0.15, -0.1) is 0 Å². The number of nitrogens with one attached hydrogen (secondary N) is 1. The lowest BCUT2D eigenvalue weighted by molar-refractivity contribution is -0.0132. The number of benzene rings is 1. The molecular weight excluding hydrogens is 306 g/mol. The molecule has 0 unspecified atom stereocenters. The molecule has 1 spiro atoms. The predicted octanol–water partition coefficient (Wildman–Crippen LogP) is 2.72. The fourth-order valence-electron chi connectivity index (χ4n) is 3.52. The summed E-state index contributed by atoms with van der Waals surface area (Å²) in [5.41, 5.74) is 2.75. The van der Waals surface area contributed by atoms with Gasteiger partial charge in [-0.2, -0.15) is 0 Å². The number of alkyl carbamates (subject to hydrolysis) is 1. The Labute approximate surface area is 140 Å². The van der Waals surface area contributed by atoms with E-state index >= 15 is 0 Å². The summed E-state index contributed by atoms with van der Waals surface area (Å²) in [5, 5.41) is 6.95. The number of nitrogens with zero attached hydrogens (tertiary/aromatic N) is 2. The molecule has 2 fully saturated rings. The van der Waals surface area contributed by atoms with Gasteiger partial charge in [0.1, 0.15) is 11.3 Å². The molecule has 2 aromatic rings. The Morgan fingerprint density at radius 3 is 2.92 bits per heavy atom. The lowest BCUT2D eigenvalue weighted by atomic mass is 9.93. The molecule has 1 aromatic carbocycles. The van der Waals surface area contributed by atoms with Crippen LogP contribution in [0.4, 0.5) is 4.79 Å². The number of amides is 1. The van der Waals surface area contributed by atoms with Gasteiger partial charge in [0.25, 0.3) is 0 Å². The maximum atomic E-state index is 11.4. The Balaban J connectivity index is 1.44. The number of piperidine rings is 1. The molecule has 1 amide bonds. The van der Waals surface area contributed by atoms with E-state index in [0.29, 0.717) is 13.1 Å². The van der Waals surface area contributed by atoms with Crippen molar-refractivity contribution in [2.75, 3.05) is 19.6 Å². The van der Waals surface area contributed by atoms with Crippen molar-refractivity contribution in [3.8, 4) is 11.3 Å². The van der Waals surface area contributed by atoms with Gasteiger partial charge in [-0.3, -0.25) is 4.90 Å². The largest absolute Gasteiger partial charge is 0.440 e. The van der Waals surface area contributed by atoms with Crippen LogP contribution in [0.25, 0.3) is 11.3 Å². The average Bonchev–Trinajstić information content (AvgIpc) is 3.16. The minimum atomic E-state index is -0.380. The van der Waals surface area contributed by atoms with E-state index in [4.69, 9.17) is 9.26 Å². The molecule has 126 valence electrons. The molecule has 24 heavy (non-hydrogen) atoms. The first-order valence-electron chi connectivity index (χ1n) is 8.34. The number of hydrogen-bond donors (Lipinski definition) is 1. The zero-order chi connectivity index (χ0) is 16.6. The van der Waals surface area contributed by atoms with Gasteiger partial charge in [-0.05, 0) is 26.3 Å². The van der Waals surface area contributed by atoms with Crippen molar-refractivity contribution >= 4 is 6.09 Å². The van der Waals surface area contributed by atoms with Crippen molar-refractivity contribution < 1.29 is 14.1 Å². The first-order valence-corrected chi connectivity index (χ1v) is 8.34. The van der Waals surface area contributed by atoms with Gasteiger partial charge < -0.3 is 14.6 Å². The summed E-state index contributed by atoms with van der Waals surface area (Å²) in [7, 11) is 0. The third-order valence-electron chi connectivity index (χ3n) is 4.77. The molecule has 2 aliphatic rings. The van der Waals surface area contributed by atoms with Crippen LogP contribution in [0.3, 0.4) is 0 Å². The molecule has 0 radical (unpaired) electrons. The molecule has 6 nitrogen and oxygen atoms in total. The fourth-order valence-corrected chi connectivity index (χ4v) is 3.52. The highest BCUT2D eigenvalue weighted by molar-refractivity contribution is 5.70. The second-order valence-electron chi connectivity index (χ2n) is 6.78. The van der Waals surface area contributed by atoms with E-state index in [2.05, 4.69) is 46.6 Å². The predicted molar refractivity (Wildman–Crippen MR) is 88.4 cm³/mol. The maximum Gasteiger partial charge on any atom is 0.407 e. The molecule has 0 saturated carbocycles. The normalized spacial score (nSPS) is 24.1. The van der Waals surface area contributed by atoms with Gasteiger partial charge in [0.2, 0.25) is 0 Å². The average molecular weight is 327 g/mol. The SMILES string of the molecule is Cc1ccc(-c2cc(CN3CCC[C@]4(CNC(=O)O4)C3)on2)cc1.